The number of aromatic nitrogens is 2. The van der Waals surface area contributed by atoms with Crippen LogP contribution in [0.4, 0.5) is 0 Å². The number of nitrogens with one attached hydrogen (secondary N) is 2. The van der Waals surface area contributed by atoms with Crippen LogP contribution in [-0.2, 0) is 16.0 Å². The summed E-state index contributed by atoms with van der Waals surface area (Å²) in [5, 5.41) is 3.00. The molecule has 0 unspecified atom stereocenters. The highest BCUT2D eigenvalue weighted by atomic mass is 16.5. The molecule has 0 spiro atoms. The number of hydrogen-bond donors (Lipinski definition) is 2. The lowest BCUT2D eigenvalue weighted by Gasteiger charge is -2.26. The van der Waals surface area contributed by atoms with Crippen molar-refractivity contribution < 1.29 is 9.53 Å². The monoisotopic (exact) mass is 330 g/mol. The summed E-state index contributed by atoms with van der Waals surface area (Å²) in [6, 6.07) is 5.98. The van der Waals surface area contributed by atoms with Crippen molar-refractivity contribution in [3.05, 3.63) is 29.6 Å². The van der Waals surface area contributed by atoms with Crippen molar-refractivity contribution in [2.24, 2.45) is 0 Å². The van der Waals surface area contributed by atoms with Gasteiger partial charge in [0.15, 0.2) is 0 Å². The van der Waals surface area contributed by atoms with E-state index in [0.29, 0.717) is 18.9 Å². The number of amides is 1. The number of carbonyl (C=O) groups is 1. The first kappa shape index (κ1) is 16.9. The van der Waals surface area contributed by atoms with Gasteiger partial charge in [0.2, 0.25) is 5.91 Å². The Hall–Kier alpha value is -1.92. The largest absolute Gasteiger partial charge is 0.379 e. The molecule has 24 heavy (non-hydrogen) atoms. The fourth-order valence-corrected chi connectivity index (χ4v) is 2.89. The molecule has 3 rings (SSSR count). The molecule has 0 atom stereocenters. The molecule has 1 aliphatic rings. The van der Waals surface area contributed by atoms with Crippen LogP contribution in [0.1, 0.15) is 31.2 Å². The Morgan fingerprint density at radius 2 is 2.17 bits per heavy atom. The molecule has 2 aromatic rings. The first-order valence-corrected chi connectivity index (χ1v) is 8.67. The third-order valence-corrected chi connectivity index (χ3v) is 4.33. The van der Waals surface area contributed by atoms with Crippen molar-refractivity contribution in [3.8, 4) is 0 Å². The van der Waals surface area contributed by atoms with Crippen molar-refractivity contribution in [2.75, 3.05) is 39.4 Å². The van der Waals surface area contributed by atoms with E-state index in [1.807, 2.05) is 18.2 Å². The first-order valence-electron chi connectivity index (χ1n) is 8.67. The highest BCUT2D eigenvalue weighted by Gasteiger charge is 2.11. The van der Waals surface area contributed by atoms with Crippen LogP contribution in [0.25, 0.3) is 11.0 Å². The highest BCUT2D eigenvalue weighted by Crippen LogP contribution is 2.18. The second-order valence-electron chi connectivity index (χ2n) is 6.61. The van der Waals surface area contributed by atoms with Crippen molar-refractivity contribution >= 4 is 16.9 Å². The molecule has 0 radical (unpaired) electrons. The Labute approximate surface area is 142 Å². The maximum atomic E-state index is 12.1. The molecule has 130 valence electrons. The molecule has 1 aliphatic heterocycles. The van der Waals surface area contributed by atoms with E-state index in [9.17, 15) is 4.79 Å². The normalized spacial score (nSPS) is 16.0. The number of fused-ring (bicyclic) bond motifs is 1. The molecule has 1 saturated heterocycles. The van der Waals surface area contributed by atoms with E-state index in [4.69, 9.17) is 4.74 Å². The second-order valence-corrected chi connectivity index (χ2v) is 6.61. The molecular formula is C18H26N4O2. The number of carbonyl (C=O) groups excluding carboxylic acids is 1. The lowest BCUT2D eigenvalue weighted by molar-refractivity contribution is -0.120. The standard InChI is InChI=1S/C18H26N4O2/c1-13(2)18-20-15-4-3-14(11-16(15)21-18)12-17(23)19-5-6-22-7-9-24-10-8-22/h3-4,11,13H,5-10,12H2,1-2H3,(H,19,23)(H,20,21). The third-order valence-electron chi connectivity index (χ3n) is 4.33. The van der Waals surface area contributed by atoms with Crippen LogP contribution in [0.5, 0.6) is 0 Å². The fourth-order valence-electron chi connectivity index (χ4n) is 2.89. The third kappa shape index (κ3) is 4.33. The lowest BCUT2D eigenvalue weighted by atomic mass is 10.1. The van der Waals surface area contributed by atoms with Crippen LogP contribution < -0.4 is 5.32 Å². The van der Waals surface area contributed by atoms with E-state index in [2.05, 4.69) is 34.0 Å². The summed E-state index contributed by atoms with van der Waals surface area (Å²) in [5.41, 5.74) is 2.96. The van der Waals surface area contributed by atoms with Gasteiger partial charge in [0.1, 0.15) is 5.82 Å². The summed E-state index contributed by atoms with van der Waals surface area (Å²) < 4.78 is 5.32. The Morgan fingerprint density at radius 1 is 1.38 bits per heavy atom. The zero-order valence-electron chi connectivity index (χ0n) is 14.5. The number of hydrogen-bond acceptors (Lipinski definition) is 4. The van der Waals surface area contributed by atoms with Crippen molar-refractivity contribution in [1.82, 2.24) is 20.2 Å². The second kappa shape index (κ2) is 7.77. The molecule has 6 nitrogen and oxygen atoms in total. The number of aromatic amines is 1. The minimum absolute atomic E-state index is 0.0613. The summed E-state index contributed by atoms with van der Waals surface area (Å²) in [5.74, 6) is 1.41. The lowest BCUT2D eigenvalue weighted by Crippen LogP contribution is -2.41. The Morgan fingerprint density at radius 3 is 2.92 bits per heavy atom. The molecular weight excluding hydrogens is 304 g/mol. The van der Waals surface area contributed by atoms with Crippen LogP contribution >= 0.6 is 0 Å². The van der Waals surface area contributed by atoms with Gasteiger partial charge in [-0.15, -0.1) is 0 Å². The van der Waals surface area contributed by atoms with Gasteiger partial charge in [0.25, 0.3) is 0 Å². The Bertz CT molecular complexity index is 689. The molecule has 0 saturated carbocycles. The topological polar surface area (TPSA) is 70.2 Å². The molecule has 0 bridgehead atoms. The van der Waals surface area contributed by atoms with Gasteiger partial charge in [0.05, 0.1) is 30.7 Å². The number of H-pyrrole nitrogens is 1. The van der Waals surface area contributed by atoms with Crippen LogP contribution in [0.2, 0.25) is 0 Å². The smallest absolute Gasteiger partial charge is 0.224 e. The average molecular weight is 330 g/mol. The van der Waals surface area contributed by atoms with E-state index in [1.54, 1.807) is 0 Å². The predicted octanol–water partition coefficient (Wildman–Crippen LogP) is 1.68. The van der Waals surface area contributed by atoms with Crippen LogP contribution in [0.3, 0.4) is 0 Å². The fraction of sp³-hybridized carbons (Fsp3) is 0.556. The number of morpholine rings is 1. The number of rotatable bonds is 6. The van der Waals surface area contributed by atoms with E-state index < -0.39 is 0 Å². The van der Waals surface area contributed by atoms with Gasteiger partial charge < -0.3 is 15.0 Å². The van der Waals surface area contributed by atoms with E-state index in [1.165, 1.54) is 0 Å². The summed E-state index contributed by atoms with van der Waals surface area (Å²) in [6.07, 6.45) is 0.398. The number of ether oxygens (including phenoxy) is 1. The molecule has 2 heterocycles. The van der Waals surface area contributed by atoms with Gasteiger partial charge in [-0.25, -0.2) is 4.98 Å². The predicted molar refractivity (Wildman–Crippen MR) is 94.2 cm³/mol. The van der Waals surface area contributed by atoms with Gasteiger partial charge in [-0.1, -0.05) is 19.9 Å². The maximum Gasteiger partial charge on any atom is 0.224 e. The Balaban J connectivity index is 1.51. The zero-order valence-corrected chi connectivity index (χ0v) is 14.5. The molecule has 6 heteroatoms. The number of nitrogens with zero attached hydrogens (tertiary/aromatic N) is 2. The van der Waals surface area contributed by atoms with E-state index in [-0.39, 0.29) is 5.91 Å². The summed E-state index contributed by atoms with van der Waals surface area (Å²) in [6.45, 7) is 9.26. The Kier molecular flexibility index (Phi) is 5.48. The average Bonchev–Trinajstić information content (AvgIpc) is 2.99. The minimum Gasteiger partial charge on any atom is -0.379 e. The van der Waals surface area contributed by atoms with Crippen LogP contribution in [0, 0.1) is 0 Å². The molecule has 0 aliphatic carbocycles. The molecule has 1 aromatic carbocycles. The molecule has 1 aromatic heterocycles. The summed E-state index contributed by atoms with van der Waals surface area (Å²) in [7, 11) is 0. The quantitative estimate of drug-likeness (QED) is 0.845. The van der Waals surface area contributed by atoms with Gasteiger partial charge in [-0.3, -0.25) is 9.69 Å². The summed E-state index contributed by atoms with van der Waals surface area (Å²) >= 11 is 0. The van der Waals surface area contributed by atoms with Gasteiger partial charge >= 0.3 is 0 Å². The van der Waals surface area contributed by atoms with Crippen molar-refractivity contribution in [3.63, 3.8) is 0 Å². The van der Waals surface area contributed by atoms with Crippen molar-refractivity contribution in [1.29, 1.82) is 0 Å². The highest BCUT2D eigenvalue weighted by molar-refractivity contribution is 5.81. The minimum atomic E-state index is 0.0613. The summed E-state index contributed by atoms with van der Waals surface area (Å²) in [4.78, 5) is 22.3. The number of imidazole rings is 1. The van der Waals surface area contributed by atoms with E-state index >= 15 is 0 Å². The molecule has 2 N–H and O–H groups in total. The van der Waals surface area contributed by atoms with E-state index in [0.717, 1.165) is 55.3 Å². The van der Waals surface area contributed by atoms with Crippen LogP contribution in [-0.4, -0.2) is 60.2 Å². The molecule has 1 amide bonds. The first-order chi connectivity index (χ1) is 11.6. The van der Waals surface area contributed by atoms with Crippen LogP contribution in [0.15, 0.2) is 18.2 Å². The van der Waals surface area contributed by atoms with Gasteiger partial charge in [0, 0.05) is 32.1 Å². The van der Waals surface area contributed by atoms with Crippen molar-refractivity contribution in [2.45, 2.75) is 26.2 Å². The maximum absolute atomic E-state index is 12.1. The number of benzene rings is 1. The SMILES string of the molecule is CC(C)c1nc2ccc(CC(=O)NCCN3CCOCC3)cc2[nH]1. The van der Waals surface area contributed by atoms with Gasteiger partial charge in [-0.05, 0) is 17.7 Å². The molecule has 1 fully saturated rings. The van der Waals surface area contributed by atoms with Gasteiger partial charge in [-0.2, -0.15) is 0 Å². The zero-order chi connectivity index (χ0) is 16.9.